The number of hydrogen-bond acceptors (Lipinski definition) is 2. The van der Waals surface area contributed by atoms with Crippen molar-refractivity contribution in [3.63, 3.8) is 0 Å². The second kappa shape index (κ2) is 6.73. The summed E-state index contributed by atoms with van der Waals surface area (Å²) < 4.78 is 13.5. The number of carbonyl (C=O) groups excluding carboxylic acids is 1. The van der Waals surface area contributed by atoms with Gasteiger partial charge in [0, 0.05) is 13.1 Å². The van der Waals surface area contributed by atoms with Crippen LogP contribution in [0.25, 0.3) is 0 Å². The molecule has 0 aromatic heterocycles. The predicted octanol–water partition coefficient (Wildman–Crippen LogP) is 3.45. The lowest BCUT2D eigenvalue weighted by Crippen LogP contribution is -2.32. The van der Waals surface area contributed by atoms with Gasteiger partial charge >= 0.3 is 0 Å². The number of halogens is 1. The summed E-state index contributed by atoms with van der Waals surface area (Å²) in [6.07, 6.45) is 5.65. The lowest BCUT2D eigenvalue weighted by Gasteiger charge is -2.21. The molecule has 1 aromatic carbocycles. The van der Waals surface area contributed by atoms with Gasteiger partial charge in [0.2, 0.25) is 0 Å². The van der Waals surface area contributed by atoms with Gasteiger partial charge in [-0.15, -0.1) is 0 Å². The highest BCUT2D eigenvalue weighted by atomic mass is 19.1. The van der Waals surface area contributed by atoms with Crippen molar-refractivity contribution in [2.24, 2.45) is 5.92 Å². The topological polar surface area (TPSA) is 46.3 Å². The van der Waals surface area contributed by atoms with Crippen molar-refractivity contribution in [1.82, 2.24) is 4.90 Å². The molecule has 0 saturated carbocycles. The molecule has 4 heteroatoms. The van der Waals surface area contributed by atoms with Crippen LogP contribution in [0.4, 0.5) is 10.1 Å². The number of nitrogen functional groups attached to an aromatic ring is 1. The van der Waals surface area contributed by atoms with Crippen LogP contribution >= 0.6 is 0 Å². The number of rotatable bonds is 3. The first-order valence-electron chi connectivity index (χ1n) is 7.46. The first-order chi connectivity index (χ1) is 9.63. The molecule has 1 saturated heterocycles. The first kappa shape index (κ1) is 14.8. The minimum absolute atomic E-state index is 0.0353. The fraction of sp³-hybridized carbons (Fsp3) is 0.562. The van der Waals surface area contributed by atoms with Crippen LogP contribution in [0.1, 0.15) is 49.4 Å². The van der Waals surface area contributed by atoms with Crippen LogP contribution < -0.4 is 5.73 Å². The third-order valence-corrected chi connectivity index (χ3v) is 4.12. The Labute approximate surface area is 120 Å². The standard InChI is InChI=1S/C16H23FN2O/c1-2-5-12-6-4-10-19(11-9-12)16(20)13-7-3-8-14(17)15(13)18/h3,7-8,12H,2,4-6,9-11,18H2,1H3. The molecule has 1 aromatic rings. The SMILES string of the molecule is CCCC1CCCN(C(=O)c2cccc(F)c2N)CC1. The molecule has 3 nitrogen and oxygen atoms in total. The zero-order valence-electron chi connectivity index (χ0n) is 12.1. The number of para-hydroxylation sites is 1. The highest BCUT2D eigenvalue weighted by Crippen LogP contribution is 2.24. The van der Waals surface area contributed by atoms with E-state index in [9.17, 15) is 9.18 Å². The van der Waals surface area contributed by atoms with E-state index >= 15 is 0 Å². The molecule has 20 heavy (non-hydrogen) atoms. The van der Waals surface area contributed by atoms with Crippen molar-refractivity contribution >= 4 is 11.6 Å². The fourth-order valence-electron chi connectivity index (χ4n) is 2.96. The molecule has 1 atom stereocenters. The van der Waals surface area contributed by atoms with E-state index in [1.165, 1.54) is 31.4 Å². The maximum absolute atomic E-state index is 13.5. The fourth-order valence-corrected chi connectivity index (χ4v) is 2.96. The maximum atomic E-state index is 13.5. The minimum Gasteiger partial charge on any atom is -0.396 e. The lowest BCUT2D eigenvalue weighted by molar-refractivity contribution is 0.0760. The second-order valence-corrected chi connectivity index (χ2v) is 5.58. The Bertz CT molecular complexity index is 476. The molecule has 1 fully saturated rings. The van der Waals surface area contributed by atoms with Gasteiger partial charge in [0.15, 0.2) is 0 Å². The molecular formula is C16H23FN2O. The molecule has 1 aliphatic heterocycles. The molecule has 2 rings (SSSR count). The van der Waals surface area contributed by atoms with Crippen molar-refractivity contribution < 1.29 is 9.18 Å². The normalized spacial score (nSPS) is 19.7. The third kappa shape index (κ3) is 3.30. The number of carbonyl (C=O) groups is 1. The van der Waals surface area contributed by atoms with E-state index in [4.69, 9.17) is 5.73 Å². The average molecular weight is 278 g/mol. The highest BCUT2D eigenvalue weighted by Gasteiger charge is 2.23. The van der Waals surface area contributed by atoms with Crippen LogP contribution in [0.2, 0.25) is 0 Å². The molecule has 0 aliphatic carbocycles. The number of anilines is 1. The Morgan fingerprint density at radius 1 is 1.40 bits per heavy atom. The van der Waals surface area contributed by atoms with Crippen molar-refractivity contribution in [1.29, 1.82) is 0 Å². The first-order valence-corrected chi connectivity index (χ1v) is 7.46. The van der Waals surface area contributed by atoms with Gasteiger partial charge in [-0.1, -0.05) is 25.8 Å². The second-order valence-electron chi connectivity index (χ2n) is 5.58. The predicted molar refractivity (Wildman–Crippen MR) is 79.0 cm³/mol. The third-order valence-electron chi connectivity index (χ3n) is 4.12. The quantitative estimate of drug-likeness (QED) is 0.861. The number of amides is 1. The van der Waals surface area contributed by atoms with Gasteiger partial charge in [0.1, 0.15) is 5.82 Å². The van der Waals surface area contributed by atoms with Crippen molar-refractivity contribution in [2.45, 2.75) is 39.0 Å². The lowest BCUT2D eigenvalue weighted by atomic mass is 9.96. The molecule has 1 amide bonds. The maximum Gasteiger partial charge on any atom is 0.256 e. The summed E-state index contributed by atoms with van der Waals surface area (Å²) in [7, 11) is 0. The summed E-state index contributed by atoms with van der Waals surface area (Å²) in [4.78, 5) is 14.3. The van der Waals surface area contributed by atoms with Gasteiger partial charge < -0.3 is 10.6 Å². The van der Waals surface area contributed by atoms with Crippen molar-refractivity contribution in [3.8, 4) is 0 Å². The summed E-state index contributed by atoms with van der Waals surface area (Å²) >= 11 is 0. The molecule has 1 unspecified atom stereocenters. The molecular weight excluding hydrogens is 255 g/mol. The molecule has 1 heterocycles. The van der Waals surface area contributed by atoms with E-state index in [-0.39, 0.29) is 11.6 Å². The number of likely N-dealkylation sites (tertiary alicyclic amines) is 1. The highest BCUT2D eigenvalue weighted by molar-refractivity contribution is 5.99. The molecule has 0 spiro atoms. The Morgan fingerprint density at radius 3 is 2.95 bits per heavy atom. The van der Waals surface area contributed by atoms with Gasteiger partial charge in [0.05, 0.1) is 11.3 Å². The van der Waals surface area contributed by atoms with Crippen LogP contribution in [0, 0.1) is 11.7 Å². The number of hydrogen-bond donors (Lipinski definition) is 1. The number of nitrogens with zero attached hydrogens (tertiary/aromatic N) is 1. The van der Waals surface area contributed by atoms with E-state index in [2.05, 4.69) is 6.92 Å². The van der Waals surface area contributed by atoms with E-state index < -0.39 is 5.82 Å². The summed E-state index contributed by atoms with van der Waals surface area (Å²) in [5.74, 6) is 0.0522. The molecule has 2 N–H and O–H groups in total. The smallest absolute Gasteiger partial charge is 0.256 e. The van der Waals surface area contributed by atoms with Crippen LogP contribution in [-0.2, 0) is 0 Å². The molecule has 0 bridgehead atoms. The minimum atomic E-state index is -0.519. The summed E-state index contributed by atoms with van der Waals surface area (Å²) in [5.41, 5.74) is 5.94. The van der Waals surface area contributed by atoms with E-state index in [1.54, 1.807) is 6.07 Å². The van der Waals surface area contributed by atoms with Crippen LogP contribution in [0.5, 0.6) is 0 Å². The van der Waals surface area contributed by atoms with Crippen LogP contribution in [0.15, 0.2) is 18.2 Å². The summed E-state index contributed by atoms with van der Waals surface area (Å²) in [6, 6.07) is 4.43. The Kier molecular flexibility index (Phi) is 4.99. The van der Waals surface area contributed by atoms with Crippen LogP contribution in [0.3, 0.4) is 0 Å². The number of benzene rings is 1. The Morgan fingerprint density at radius 2 is 2.20 bits per heavy atom. The van der Waals surface area contributed by atoms with E-state index in [0.29, 0.717) is 11.5 Å². The summed E-state index contributed by atoms with van der Waals surface area (Å²) in [6.45, 7) is 3.69. The van der Waals surface area contributed by atoms with Crippen LogP contribution in [-0.4, -0.2) is 23.9 Å². The van der Waals surface area contributed by atoms with Gasteiger partial charge in [-0.25, -0.2) is 4.39 Å². The molecule has 0 radical (unpaired) electrons. The number of nitrogens with two attached hydrogens (primary N) is 1. The Hall–Kier alpha value is -1.58. The largest absolute Gasteiger partial charge is 0.396 e. The van der Waals surface area contributed by atoms with E-state index in [0.717, 1.165) is 25.9 Å². The molecule has 110 valence electrons. The van der Waals surface area contributed by atoms with E-state index in [1.807, 2.05) is 4.90 Å². The Balaban J connectivity index is 2.07. The average Bonchev–Trinajstić information content (AvgIpc) is 2.67. The van der Waals surface area contributed by atoms with Gasteiger partial charge in [-0.05, 0) is 37.3 Å². The van der Waals surface area contributed by atoms with Crippen molar-refractivity contribution in [2.75, 3.05) is 18.8 Å². The molecule has 1 aliphatic rings. The summed E-state index contributed by atoms with van der Waals surface area (Å²) in [5, 5.41) is 0. The zero-order chi connectivity index (χ0) is 14.5. The van der Waals surface area contributed by atoms with Gasteiger partial charge in [0.25, 0.3) is 5.91 Å². The monoisotopic (exact) mass is 278 g/mol. The van der Waals surface area contributed by atoms with Crippen molar-refractivity contribution in [3.05, 3.63) is 29.6 Å². The zero-order valence-corrected chi connectivity index (χ0v) is 12.1. The van der Waals surface area contributed by atoms with Gasteiger partial charge in [-0.2, -0.15) is 0 Å². The van der Waals surface area contributed by atoms with Gasteiger partial charge in [-0.3, -0.25) is 4.79 Å².